The lowest BCUT2D eigenvalue weighted by Gasteiger charge is -2.39. The fraction of sp³-hybridized carbons (Fsp3) is 0.772. The molecule has 0 aromatic carbocycles. The first-order valence-corrected chi connectivity index (χ1v) is 27.0. The van der Waals surface area contributed by atoms with Gasteiger partial charge in [0, 0.05) is 13.0 Å². The molecule has 0 saturated carbocycles. The van der Waals surface area contributed by atoms with Crippen molar-refractivity contribution in [2.24, 2.45) is 0 Å². The number of allylic oxidation sites excluding steroid dienone is 12. The average Bonchev–Trinajstić information content (AvgIpc) is 3.32. The molecule has 0 aromatic heterocycles. The van der Waals surface area contributed by atoms with Gasteiger partial charge >= 0.3 is 5.97 Å². The van der Waals surface area contributed by atoms with Crippen molar-refractivity contribution >= 4 is 5.97 Å². The van der Waals surface area contributed by atoms with Gasteiger partial charge in [0.1, 0.15) is 30.5 Å². The van der Waals surface area contributed by atoms with Crippen molar-refractivity contribution in [1.82, 2.24) is 0 Å². The van der Waals surface area contributed by atoms with Gasteiger partial charge in [-0.1, -0.05) is 202 Å². The maximum atomic E-state index is 12.8. The van der Waals surface area contributed by atoms with Crippen LogP contribution in [0.1, 0.15) is 219 Å². The van der Waals surface area contributed by atoms with Crippen molar-refractivity contribution in [1.29, 1.82) is 0 Å². The minimum absolute atomic E-state index is 0.121. The van der Waals surface area contributed by atoms with Gasteiger partial charge in [-0.25, -0.2) is 0 Å². The minimum atomic E-state index is -1.54. The van der Waals surface area contributed by atoms with Gasteiger partial charge in [-0.3, -0.25) is 4.79 Å². The number of ether oxygens (including phenoxy) is 4. The van der Waals surface area contributed by atoms with Gasteiger partial charge in [0.05, 0.1) is 19.8 Å². The van der Waals surface area contributed by atoms with Crippen LogP contribution in [0, 0.1) is 0 Å². The summed E-state index contributed by atoms with van der Waals surface area (Å²) in [4.78, 5) is 12.8. The van der Waals surface area contributed by atoms with E-state index < -0.39 is 43.4 Å². The van der Waals surface area contributed by atoms with Crippen LogP contribution in [0.15, 0.2) is 72.9 Å². The van der Waals surface area contributed by atoms with E-state index in [1.165, 1.54) is 122 Å². The number of carbonyl (C=O) groups excluding carboxylic acids is 1. The third kappa shape index (κ3) is 37.6. The molecule has 66 heavy (non-hydrogen) atoms. The van der Waals surface area contributed by atoms with Gasteiger partial charge in [0.15, 0.2) is 6.29 Å². The predicted octanol–water partition coefficient (Wildman–Crippen LogP) is 13.6. The molecule has 1 saturated heterocycles. The molecule has 4 N–H and O–H groups in total. The van der Waals surface area contributed by atoms with E-state index in [9.17, 15) is 25.2 Å². The van der Waals surface area contributed by atoms with Crippen LogP contribution in [0.25, 0.3) is 0 Å². The highest BCUT2D eigenvalue weighted by atomic mass is 16.7. The number of esters is 1. The van der Waals surface area contributed by atoms with Crippen molar-refractivity contribution in [3.8, 4) is 0 Å². The highest BCUT2D eigenvalue weighted by Crippen LogP contribution is 2.23. The lowest BCUT2D eigenvalue weighted by atomic mass is 9.99. The summed E-state index contributed by atoms with van der Waals surface area (Å²) >= 11 is 0. The molecule has 1 aliphatic heterocycles. The third-order valence-corrected chi connectivity index (χ3v) is 12.1. The maximum Gasteiger partial charge on any atom is 0.306 e. The van der Waals surface area contributed by atoms with E-state index in [0.29, 0.717) is 13.0 Å². The molecule has 9 heteroatoms. The average molecular weight is 929 g/mol. The number of hydrogen-bond acceptors (Lipinski definition) is 9. The smallest absolute Gasteiger partial charge is 0.306 e. The quantitative estimate of drug-likeness (QED) is 0.0267. The topological polar surface area (TPSA) is 135 Å². The van der Waals surface area contributed by atoms with Crippen LogP contribution in [0.3, 0.4) is 0 Å². The molecule has 6 unspecified atom stereocenters. The third-order valence-electron chi connectivity index (χ3n) is 12.1. The predicted molar refractivity (Wildman–Crippen MR) is 274 cm³/mol. The van der Waals surface area contributed by atoms with Crippen molar-refractivity contribution in [3.63, 3.8) is 0 Å². The molecule has 382 valence electrons. The summed E-state index contributed by atoms with van der Waals surface area (Å²) in [5, 5.41) is 40.3. The summed E-state index contributed by atoms with van der Waals surface area (Å²) in [5.41, 5.74) is 0. The minimum Gasteiger partial charge on any atom is -0.457 e. The van der Waals surface area contributed by atoms with E-state index in [1.807, 2.05) is 0 Å². The first kappa shape index (κ1) is 61.6. The molecular weight excluding hydrogens is 829 g/mol. The summed E-state index contributed by atoms with van der Waals surface area (Å²) in [6, 6.07) is 0. The Morgan fingerprint density at radius 1 is 0.500 bits per heavy atom. The van der Waals surface area contributed by atoms with Gasteiger partial charge in [0.25, 0.3) is 0 Å². The van der Waals surface area contributed by atoms with Crippen molar-refractivity contribution < 1.29 is 44.2 Å². The summed E-state index contributed by atoms with van der Waals surface area (Å²) in [7, 11) is 0. The molecule has 1 heterocycles. The SMILES string of the molecule is CC/C=C\C/C=C\C/C=C\CCCCCCCCCC(=O)OC(COCCCCCCCCCCCCC/C=C\C/C=C\C/C=C\CCCCCCC)COC1OC(CO)C(O)C(O)C1O. The maximum absolute atomic E-state index is 12.8. The van der Waals surface area contributed by atoms with E-state index >= 15 is 0 Å². The summed E-state index contributed by atoms with van der Waals surface area (Å²) < 4.78 is 22.9. The largest absolute Gasteiger partial charge is 0.457 e. The first-order chi connectivity index (χ1) is 32.4. The Kier molecular flexibility index (Phi) is 44.5. The number of aliphatic hydroxyl groups is 4. The zero-order valence-corrected chi connectivity index (χ0v) is 42.2. The van der Waals surface area contributed by atoms with Crippen LogP contribution in [-0.2, 0) is 23.7 Å². The number of hydrogen-bond donors (Lipinski definition) is 4. The lowest BCUT2D eigenvalue weighted by molar-refractivity contribution is -0.305. The number of aliphatic hydroxyl groups excluding tert-OH is 4. The molecule has 9 nitrogen and oxygen atoms in total. The first-order valence-electron chi connectivity index (χ1n) is 27.0. The summed E-state index contributed by atoms with van der Waals surface area (Å²) in [6.07, 6.45) is 56.5. The standard InChI is InChI=1S/C57H100O9/c1-3-5-7-9-11-13-15-17-19-21-22-23-24-25-26-27-28-29-31-33-35-37-39-41-43-45-47-63-49-51(50-64-57-56(62)55(61)54(60)52(48-58)66-57)65-53(59)46-44-42-40-38-36-34-32-30-20-18-16-14-12-10-8-6-4-2/h6,8,12,14-15,17-18,20-22,24-25,51-52,54-58,60-62H,3-5,7,9-11,13,16,19,23,26-50H2,1-2H3/b8-6-,14-12-,17-15-,20-18-,22-21-,25-24-. The second kappa shape index (κ2) is 47.7. The fourth-order valence-electron chi connectivity index (χ4n) is 7.93. The monoisotopic (exact) mass is 929 g/mol. The van der Waals surface area contributed by atoms with Crippen LogP contribution in [0.2, 0.25) is 0 Å². The molecule has 0 aromatic rings. The molecule has 6 atom stereocenters. The van der Waals surface area contributed by atoms with Crippen LogP contribution >= 0.6 is 0 Å². The van der Waals surface area contributed by atoms with E-state index in [1.54, 1.807) is 0 Å². The highest BCUT2D eigenvalue weighted by Gasteiger charge is 2.44. The molecule has 0 aliphatic carbocycles. The van der Waals surface area contributed by atoms with E-state index in [4.69, 9.17) is 18.9 Å². The fourth-order valence-corrected chi connectivity index (χ4v) is 7.93. The number of rotatable bonds is 46. The lowest BCUT2D eigenvalue weighted by Crippen LogP contribution is -2.59. The van der Waals surface area contributed by atoms with Crippen LogP contribution in [0.4, 0.5) is 0 Å². The molecular formula is C57H100O9. The van der Waals surface area contributed by atoms with E-state index in [2.05, 4.69) is 86.8 Å². The van der Waals surface area contributed by atoms with Gasteiger partial charge in [0.2, 0.25) is 0 Å². The Balaban J connectivity index is 2.18. The second-order valence-electron chi connectivity index (χ2n) is 18.3. The Morgan fingerprint density at radius 3 is 1.39 bits per heavy atom. The zero-order valence-electron chi connectivity index (χ0n) is 42.2. The molecule has 0 amide bonds. The van der Waals surface area contributed by atoms with Crippen LogP contribution < -0.4 is 0 Å². The second-order valence-corrected chi connectivity index (χ2v) is 18.3. The van der Waals surface area contributed by atoms with Gasteiger partial charge < -0.3 is 39.4 Å². The van der Waals surface area contributed by atoms with Crippen molar-refractivity contribution in [3.05, 3.63) is 72.9 Å². The molecule has 0 bridgehead atoms. The number of carbonyl (C=O) groups is 1. The molecule has 1 rings (SSSR count). The molecule has 1 aliphatic rings. The Hall–Kier alpha value is -2.37. The Bertz CT molecular complexity index is 1240. The summed E-state index contributed by atoms with van der Waals surface area (Å²) in [5.74, 6) is -0.325. The van der Waals surface area contributed by atoms with Gasteiger partial charge in [-0.15, -0.1) is 0 Å². The number of unbranched alkanes of at least 4 members (excludes halogenated alkanes) is 23. The Labute approximate surface area is 404 Å². The zero-order chi connectivity index (χ0) is 47.8. The molecule has 0 radical (unpaired) electrons. The van der Waals surface area contributed by atoms with Gasteiger partial charge in [-0.2, -0.15) is 0 Å². The highest BCUT2D eigenvalue weighted by molar-refractivity contribution is 5.69. The van der Waals surface area contributed by atoms with E-state index in [0.717, 1.165) is 77.0 Å². The van der Waals surface area contributed by atoms with Crippen LogP contribution in [-0.4, -0.2) is 89.6 Å². The van der Waals surface area contributed by atoms with Crippen molar-refractivity contribution in [2.75, 3.05) is 26.4 Å². The normalized spacial score (nSPS) is 19.9. The van der Waals surface area contributed by atoms with Crippen molar-refractivity contribution in [2.45, 2.75) is 256 Å². The van der Waals surface area contributed by atoms with E-state index in [-0.39, 0.29) is 19.2 Å². The Morgan fingerprint density at radius 2 is 0.924 bits per heavy atom. The van der Waals surface area contributed by atoms with Gasteiger partial charge in [-0.05, 0) is 83.5 Å². The van der Waals surface area contributed by atoms with Crippen LogP contribution in [0.5, 0.6) is 0 Å². The molecule has 0 spiro atoms. The summed E-state index contributed by atoms with van der Waals surface area (Å²) in [6.45, 7) is 4.43. The molecule has 1 fully saturated rings.